The fourth-order valence-electron chi connectivity index (χ4n) is 3.40. The van der Waals surface area contributed by atoms with E-state index in [0.717, 1.165) is 37.7 Å². The number of nitrogens with zero attached hydrogens (tertiary/aromatic N) is 2. The number of rotatable bonds is 9. The maximum atomic E-state index is 13.1. The van der Waals surface area contributed by atoms with E-state index < -0.39 is 10.0 Å². The van der Waals surface area contributed by atoms with Crippen LogP contribution in [0.2, 0.25) is 0 Å². The number of carbonyl (C=O) groups excluding carboxylic acids is 1. The average molecular weight is 464 g/mol. The van der Waals surface area contributed by atoms with Crippen LogP contribution in [0.5, 0.6) is 0 Å². The molecule has 0 bridgehead atoms. The van der Waals surface area contributed by atoms with Gasteiger partial charge in [0.2, 0.25) is 0 Å². The summed E-state index contributed by atoms with van der Waals surface area (Å²) in [6.07, 6.45) is 1.95. The zero-order chi connectivity index (χ0) is 22.3. The van der Waals surface area contributed by atoms with E-state index in [2.05, 4.69) is 10.2 Å². The van der Waals surface area contributed by atoms with Crippen molar-refractivity contribution < 1.29 is 17.9 Å². The van der Waals surface area contributed by atoms with Crippen molar-refractivity contribution >= 4 is 33.4 Å². The molecule has 1 amide bonds. The summed E-state index contributed by atoms with van der Waals surface area (Å²) >= 11 is 1.56. The summed E-state index contributed by atoms with van der Waals surface area (Å²) in [4.78, 5) is 15.9. The molecule has 0 spiro atoms. The highest BCUT2D eigenvalue weighted by atomic mass is 32.2. The minimum atomic E-state index is -3.68. The molecule has 0 unspecified atom stereocenters. The van der Waals surface area contributed by atoms with Crippen LogP contribution in [0.15, 0.2) is 58.3 Å². The Morgan fingerprint density at radius 3 is 2.32 bits per heavy atom. The molecule has 9 heteroatoms. The molecular weight excluding hydrogens is 434 g/mol. The van der Waals surface area contributed by atoms with Crippen molar-refractivity contribution in [1.82, 2.24) is 10.2 Å². The van der Waals surface area contributed by atoms with Gasteiger partial charge in [-0.05, 0) is 61.7 Å². The fraction of sp³-hybridized carbons (Fsp3) is 0.409. The van der Waals surface area contributed by atoms with E-state index >= 15 is 0 Å². The van der Waals surface area contributed by atoms with Crippen molar-refractivity contribution in [2.45, 2.75) is 16.7 Å². The van der Waals surface area contributed by atoms with Crippen LogP contribution in [0.3, 0.4) is 0 Å². The van der Waals surface area contributed by atoms with Crippen LogP contribution in [-0.4, -0.2) is 71.4 Å². The zero-order valence-corrected chi connectivity index (χ0v) is 19.5. The number of anilines is 1. The van der Waals surface area contributed by atoms with Crippen LogP contribution in [-0.2, 0) is 14.8 Å². The molecule has 2 aromatic carbocycles. The normalized spacial score (nSPS) is 14.9. The number of carbonyl (C=O) groups is 1. The molecule has 0 atom stereocenters. The third-order valence-electron chi connectivity index (χ3n) is 5.17. The van der Waals surface area contributed by atoms with Crippen molar-refractivity contribution in [1.29, 1.82) is 0 Å². The van der Waals surface area contributed by atoms with Crippen LogP contribution in [0.1, 0.15) is 17.3 Å². The summed E-state index contributed by atoms with van der Waals surface area (Å²) in [6, 6.07) is 13.5. The lowest BCUT2D eigenvalue weighted by Gasteiger charge is -2.26. The Hall–Kier alpha value is -2.07. The standard InChI is InChI=1S/C22H29N3O4S2/c1-3-25(31(27,28)21-10-8-20(30-2)9-11-21)19-6-4-18(5-7-19)22(26)23-12-13-24-14-16-29-17-15-24/h4-11H,3,12-17H2,1-2H3,(H,23,26). The van der Waals surface area contributed by atoms with E-state index in [9.17, 15) is 13.2 Å². The van der Waals surface area contributed by atoms with E-state index in [4.69, 9.17) is 4.74 Å². The van der Waals surface area contributed by atoms with Crippen LogP contribution >= 0.6 is 11.8 Å². The van der Waals surface area contributed by atoms with Gasteiger partial charge < -0.3 is 10.1 Å². The molecule has 1 heterocycles. The molecular formula is C22H29N3O4S2. The summed E-state index contributed by atoms with van der Waals surface area (Å²) in [5.41, 5.74) is 1.03. The third-order valence-corrected chi connectivity index (χ3v) is 7.83. The van der Waals surface area contributed by atoms with Crippen molar-refractivity contribution in [3.8, 4) is 0 Å². The maximum absolute atomic E-state index is 13.1. The van der Waals surface area contributed by atoms with Crippen molar-refractivity contribution in [3.63, 3.8) is 0 Å². The summed E-state index contributed by atoms with van der Waals surface area (Å²) in [7, 11) is -3.68. The average Bonchev–Trinajstić information content (AvgIpc) is 2.80. The second-order valence-electron chi connectivity index (χ2n) is 7.10. The van der Waals surface area contributed by atoms with Gasteiger partial charge >= 0.3 is 0 Å². The van der Waals surface area contributed by atoms with Crippen molar-refractivity contribution in [2.24, 2.45) is 0 Å². The van der Waals surface area contributed by atoms with E-state index in [-0.39, 0.29) is 17.3 Å². The van der Waals surface area contributed by atoms with Gasteiger partial charge in [-0.15, -0.1) is 11.8 Å². The molecule has 0 radical (unpaired) electrons. The summed E-state index contributed by atoms with van der Waals surface area (Å²) < 4.78 is 32.9. The number of nitrogens with one attached hydrogen (secondary N) is 1. The Morgan fingerprint density at radius 1 is 1.10 bits per heavy atom. The summed E-state index contributed by atoms with van der Waals surface area (Å²) in [5.74, 6) is -0.168. The molecule has 1 aliphatic heterocycles. The summed E-state index contributed by atoms with van der Waals surface area (Å²) in [6.45, 7) is 6.64. The van der Waals surface area contributed by atoms with Crippen LogP contribution in [0, 0.1) is 0 Å². The van der Waals surface area contributed by atoms with Gasteiger partial charge in [0.25, 0.3) is 15.9 Å². The first kappa shape index (κ1) is 23.6. The lowest BCUT2D eigenvalue weighted by molar-refractivity contribution is 0.0383. The smallest absolute Gasteiger partial charge is 0.264 e. The molecule has 31 heavy (non-hydrogen) atoms. The zero-order valence-electron chi connectivity index (χ0n) is 17.9. The van der Waals surface area contributed by atoms with Crippen LogP contribution in [0.4, 0.5) is 5.69 Å². The highest BCUT2D eigenvalue weighted by molar-refractivity contribution is 7.98. The first-order valence-electron chi connectivity index (χ1n) is 10.3. The Morgan fingerprint density at radius 2 is 1.74 bits per heavy atom. The molecule has 1 N–H and O–H groups in total. The minimum Gasteiger partial charge on any atom is -0.379 e. The van der Waals surface area contributed by atoms with E-state index in [1.54, 1.807) is 67.2 Å². The van der Waals surface area contributed by atoms with E-state index in [1.807, 2.05) is 6.26 Å². The number of ether oxygens (including phenoxy) is 1. The van der Waals surface area contributed by atoms with Gasteiger partial charge in [0.15, 0.2) is 0 Å². The second kappa shape index (κ2) is 11.0. The molecule has 0 aromatic heterocycles. The van der Waals surface area contributed by atoms with Crippen molar-refractivity contribution in [2.75, 3.05) is 56.5 Å². The topological polar surface area (TPSA) is 79.0 Å². The van der Waals surface area contributed by atoms with E-state index in [0.29, 0.717) is 17.8 Å². The summed E-state index contributed by atoms with van der Waals surface area (Å²) in [5, 5.41) is 2.92. The lowest BCUT2D eigenvalue weighted by atomic mass is 10.2. The highest BCUT2D eigenvalue weighted by Crippen LogP contribution is 2.25. The van der Waals surface area contributed by atoms with Gasteiger partial charge in [-0.3, -0.25) is 14.0 Å². The number of hydrogen-bond donors (Lipinski definition) is 1. The largest absolute Gasteiger partial charge is 0.379 e. The lowest BCUT2D eigenvalue weighted by Crippen LogP contribution is -2.41. The predicted octanol–water partition coefficient (Wildman–Crippen LogP) is 2.69. The number of morpholine rings is 1. The molecule has 168 valence electrons. The first-order chi connectivity index (χ1) is 15.0. The number of benzene rings is 2. The SMILES string of the molecule is CCN(c1ccc(C(=O)NCCN2CCOCC2)cc1)S(=O)(=O)c1ccc(SC)cc1. The number of thioether (sulfide) groups is 1. The highest BCUT2D eigenvalue weighted by Gasteiger charge is 2.23. The van der Waals surface area contributed by atoms with Gasteiger partial charge in [0.05, 0.1) is 23.8 Å². The number of sulfonamides is 1. The van der Waals surface area contributed by atoms with E-state index in [1.165, 1.54) is 4.31 Å². The van der Waals surface area contributed by atoms with Crippen LogP contribution in [0.25, 0.3) is 0 Å². The number of amides is 1. The van der Waals surface area contributed by atoms with Crippen molar-refractivity contribution in [3.05, 3.63) is 54.1 Å². The quantitative estimate of drug-likeness (QED) is 0.576. The minimum absolute atomic E-state index is 0.168. The van der Waals surface area contributed by atoms with Gasteiger partial charge in [0, 0.05) is 43.2 Å². The molecule has 2 aromatic rings. The van der Waals surface area contributed by atoms with Gasteiger partial charge in [-0.1, -0.05) is 0 Å². The van der Waals surface area contributed by atoms with Gasteiger partial charge in [-0.25, -0.2) is 8.42 Å². The molecule has 1 saturated heterocycles. The molecule has 0 saturated carbocycles. The molecule has 1 aliphatic rings. The Bertz CT molecular complexity index is 957. The predicted molar refractivity (Wildman–Crippen MR) is 124 cm³/mol. The monoisotopic (exact) mass is 463 g/mol. The van der Waals surface area contributed by atoms with Crippen LogP contribution < -0.4 is 9.62 Å². The first-order valence-corrected chi connectivity index (χ1v) is 13.0. The molecule has 7 nitrogen and oxygen atoms in total. The third kappa shape index (κ3) is 6.00. The Kier molecular flexibility index (Phi) is 8.36. The molecule has 0 aliphatic carbocycles. The maximum Gasteiger partial charge on any atom is 0.264 e. The number of hydrogen-bond acceptors (Lipinski definition) is 6. The van der Waals surface area contributed by atoms with Gasteiger partial charge in [-0.2, -0.15) is 0 Å². The Labute approximate surface area is 188 Å². The van der Waals surface area contributed by atoms with Gasteiger partial charge in [0.1, 0.15) is 0 Å². The Balaban J connectivity index is 1.64. The fourth-order valence-corrected chi connectivity index (χ4v) is 5.28. The molecule has 1 fully saturated rings. The molecule has 3 rings (SSSR count). The second-order valence-corrected chi connectivity index (χ2v) is 9.84.